The molecular weight excluding hydrogens is 382 g/mol. The van der Waals surface area contributed by atoms with Gasteiger partial charge in [0.05, 0.1) is 13.2 Å². The molecule has 0 spiro atoms. The van der Waals surface area contributed by atoms with E-state index in [1.54, 1.807) is 13.2 Å². The molecule has 0 aromatic carbocycles. The number of rotatable bonds is 9. The Kier molecular flexibility index (Phi) is 8.58. The monoisotopic (exact) mass is 415 g/mol. The van der Waals surface area contributed by atoms with Crippen LogP contribution in [0.5, 0.6) is 0 Å². The molecule has 3 rings (SSSR count). The molecule has 1 atom stereocenters. The van der Waals surface area contributed by atoms with Gasteiger partial charge in [-0.05, 0) is 24.5 Å². The number of nitrogens with zero attached hydrogens (tertiary/aromatic N) is 5. The minimum atomic E-state index is 0.440. The molecule has 0 bridgehead atoms. The van der Waals surface area contributed by atoms with Crippen molar-refractivity contribution in [3.8, 4) is 11.6 Å². The quantitative estimate of drug-likeness (QED) is 0.470. The fourth-order valence-electron chi connectivity index (χ4n) is 3.52. The Morgan fingerprint density at radius 2 is 2.07 bits per heavy atom. The highest BCUT2D eigenvalue weighted by molar-refractivity contribution is 5.79. The maximum atomic E-state index is 5.51. The first-order valence-electron chi connectivity index (χ1n) is 10.7. The average Bonchev–Trinajstić information content (AvgIpc) is 3.25. The summed E-state index contributed by atoms with van der Waals surface area (Å²) in [5.74, 6) is 2.51. The van der Waals surface area contributed by atoms with Gasteiger partial charge in [-0.2, -0.15) is 4.98 Å². The highest BCUT2D eigenvalue weighted by Crippen LogP contribution is 2.14. The molecule has 0 amide bonds. The second kappa shape index (κ2) is 11.6. The van der Waals surface area contributed by atoms with Crippen molar-refractivity contribution >= 4 is 5.96 Å². The number of morpholine rings is 1. The summed E-state index contributed by atoms with van der Waals surface area (Å²) in [6.07, 6.45) is 3.49. The van der Waals surface area contributed by atoms with Crippen LogP contribution in [0.25, 0.3) is 11.6 Å². The largest absolute Gasteiger partial charge is 0.379 e. The first kappa shape index (κ1) is 22.2. The van der Waals surface area contributed by atoms with E-state index in [9.17, 15) is 0 Å². The van der Waals surface area contributed by atoms with Crippen LogP contribution < -0.4 is 10.6 Å². The maximum Gasteiger partial charge on any atom is 0.276 e. The molecule has 0 radical (unpaired) electrons. The summed E-state index contributed by atoms with van der Waals surface area (Å²) in [4.78, 5) is 15.5. The van der Waals surface area contributed by atoms with E-state index in [0.29, 0.717) is 42.3 Å². The van der Waals surface area contributed by atoms with Gasteiger partial charge in [0.25, 0.3) is 5.89 Å². The van der Waals surface area contributed by atoms with Gasteiger partial charge >= 0.3 is 0 Å². The third-order valence-corrected chi connectivity index (χ3v) is 5.03. The number of aromatic nitrogens is 3. The predicted molar refractivity (Wildman–Crippen MR) is 116 cm³/mol. The smallest absolute Gasteiger partial charge is 0.276 e. The summed E-state index contributed by atoms with van der Waals surface area (Å²) in [5, 5.41) is 10.8. The summed E-state index contributed by atoms with van der Waals surface area (Å²) in [7, 11) is 1.79. The van der Waals surface area contributed by atoms with E-state index in [4.69, 9.17) is 9.26 Å². The van der Waals surface area contributed by atoms with Gasteiger partial charge in [-0.3, -0.25) is 14.9 Å². The number of aliphatic imine (C=N–C) groups is 1. The maximum absolute atomic E-state index is 5.51. The highest BCUT2D eigenvalue weighted by Gasteiger charge is 2.22. The lowest BCUT2D eigenvalue weighted by Crippen LogP contribution is -2.51. The van der Waals surface area contributed by atoms with Gasteiger partial charge in [-0.1, -0.05) is 25.1 Å². The Morgan fingerprint density at radius 3 is 2.77 bits per heavy atom. The Balaban J connectivity index is 1.45. The van der Waals surface area contributed by atoms with Crippen LogP contribution in [0.1, 0.15) is 26.1 Å². The molecule has 0 saturated carbocycles. The van der Waals surface area contributed by atoms with Crippen LogP contribution in [0.4, 0.5) is 0 Å². The third kappa shape index (κ3) is 6.77. The average molecular weight is 416 g/mol. The van der Waals surface area contributed by atoms with Crippen LogP contribution in [0, 0.1) is 5.92 Å². The fraction of sp³-hybridized carbons (Fsp3) is 0.619. The summed E-state index contributed by atoms with van der Waals surface area (Å²) < 4.78 is 10.8. The van der Waals surface area contributed by atoms with Crippen LogP contribution in [0.15, 0.2) is 33.9 Å². The second-order valence-corrected chi connectivity index (χ2v) is 7.79. The van der Waals surface area contributed by atoms with Crippen LogP contribution in [-0.4, -0.2) is 78.5 Å². The van der Waals surface area contributed by atoms with E-state index in [1.807, 2.05) is 18.2 Å². The summed E-state index contributed by atoms with van der Waals surface area (Å²) in [5.41, 5.74) is 0.681. The summed E-state index contributed by atoms with van der Waals surface area (Å²) in [6.45, 7) is 9.65. The van der Waals surface area contributed by atoms with Gasteiger partial charge in [0.1, 0.15) is 5.69 Å². The zero-order valence-electron chi connectivity index (χ0n) is 18.2. The first-order chi connectivity index (χ1) is 14.7. The molecule has 2 aromatic rings. The van der Waals surface area contributed by atoms with Crippen LogP contribution in [-0.2, 0) is 11.2 Å². The Bertz CT molecular complexity index is 773. The summed E-state index contributed by atoms with van der Waals surface area (Å²) in [6, 6.07) is 6.07. The number of hydrogen-bond donors (Lipinski definition) is 2. The SMILES string of the molecule is CN=C(NCCc1noc(-c2ccccn2)n1)NCC(CC(C)C)N1CCOCC1. The molecule has 9 heteroatoms. The van der Waals surface area contributed by atoms with Crippen molar-refractivity contribution < 1.29 is 9.26 Å². The van der Waals surface area contributed by atoms with Gasteiger partial charge < -0.3 is 19.9 Å². The Morgan fingerprint density at radius 1 is 1.23 bits per heavy atom. The van der Waals surface area contributed by atoms with Gasteiger partial charge in [0, 0.05) is 51.9 Å². The van der Waals surface area contributed by atoms with Crippen molar-refractivity contribution in [2.45, 2.75) is 32.7 Å². The number of pyridine rings is 1. The third-order valence-electron chi connectivity index (χ3n) is 5.03. The molecular formula is C21H33N7O2. The molecule has 1 aliphatic rings. The van der Waals surface area contributed by atoms with Crippen LogP contribution >= 0.6 is 0 Å². The fourth-order valence-corrected chi connectivity index (χ4v) is 3.52. The van der Waals surface area contributed by atoms with E-state index in [0.717, 1.165) is 45.2 Å². The zero-order chi connectivity index (χ0) is 21.2. The minimum Gasteiger partial charge on any atom is -0.379 e. The highest BCUT2D eigenvalue weighted by atomic mass is 16.5. The van der Waals surface area contributed by atoms with Crippen LogP contribution in [0.2, 0.25) is 0 Å². The van der Waals surface area contributed by atoms with Gasteiger partial charge in [-0.25, -0.2) is 0 Å². The molecule has 9 nitrogen and oxygen atoms in total. The van der Waals surface area contributed by atoms with E-state index in [-0.39, 0.29) is 0 Å². The van der Waals surface area contributed by atoms with Crippen molar-refractivity contribution in [1.82, 2.24) is 30.7 Å². The Labute approximate surface area is 178 Å². The lowest BCUT2D eigenvalue weighted by atomic mass is 10.0. The second-order valence-electron chi connectivity index (χ2n) is 7.79. The molecule has 1 saturated heterocycles. The summed E-state index contributed by atoms with van der Waals surface area (Å²) >= 11 is 0. The standard InChI is InChI=1S/C21H33N7O2/c1-16(2)14-17(28-10-12-29-13-11-28)15-25-21(22-3)24-9-7-19-26-20(30-27-19)18-6-4-5-8-23-18/h4-6,8,16-17H,7,9-15H2,1-3H3,(H2,22,24,25). The molecule has 3 heterocycles. The molecule has 1 fully saturated rings. The van der Waals surface area contributed by atoms with Gasteiger partial charge in [0.2, 0.25) is 0 Å². The number of guanidine groups is 1. The number of hydrogen-bond acceptors (Lipinski definition) is 7. The molecule has 2 N–H and O–H groups in total. The molecule has 1 aliphatic heterocycles. The molecule has 0 aliphatic carbocycles. The lowest BCUT2D eigenvalue weighted by Gasteiger charge is -2.35. The van der Waals surface area contributed by atoms with E-state index >= 15 is 0 Å². The molecule has 164 valence electrons. The van der Waals surface area contributed by atoms with Crippen molar-refractivity contribution in [1.29, 1.82) is 0 Å². The number of ether oxygens (including phenoxy) is 1. The Hall–Kier alpha value is -2.52. The van der Waals surface area contributed by atoms with E-state index < -0.39 is 0 Å². The predicted octanol–water partition coefficient (Wildman–Crippen LogP) is 1.59. The van der Waals surface area contributed by atoms with Crippen molar-refractivity contribution in [2.75, 3.05) is 46.4 Å². The van der Waals surface area contributed by atoms with Crippen molar-refractivity contribution in [2.24, 2.45) is 10.9 Å². The van der Waals surface area contributed by atoms with Crippen LogP contribution in [0.3, 0.4) is 0 Å². The van der Waals surface area contributed by atoms with E-state index in [1.165, 1.54) is 0 Å². The van der Waals surface area contributed by atoms with E-state index in [2.05, 4.69) is 49.5 Å². The minimum absolute atomic E-state index is 0.440. The zero-order valence-corrected chi connectivity index (χ0v) is 18.2. The topological polar surface area (TPSA) is 101 Å². The normalized spacial score (nSPS) is 16.6. The van der Waals surface area contributed by atoms with Gasteiger partial charge in [-0.15, -0.1) is 0 Å². The first-order valence-corrected chi connectivity index (χ1v) is 10.7. The van der Waals surface area contributed by atoms with Gasteiger partial charge in [0.15, 0.2) is 11.8 Å². The molecule has 2 aromatic heterocycles. The lowest BCUT2D eigenvalue weighted by molar-refractivity contribution is 0.0132. The molecule has 1 unspecified atom stereocenters. The van der Waals surface area contributed by atoms with Crippen molar-refractivity contribution in [3.05, 3.63) is 30.2 Å². The van der Waals surface area contributed by atoms with Crippen molar-refractivity contribution in [3.63, 3.8) is 0 Å². The number of nitrogens with one attached hydrogen (secondary N) is 2. The molecule has 30 heavy (non-hydrogen) atoms.